The minimum absolute atomic E-state index is 0.0172. The van der Waals surface area contributed by atoms with Crippen LogP contribution in [0.25, 0.3) is 0 Å². The summed E-state index contributed by atoms with van der Waals surface area (Å²) in [5.41, 5.74) is 2.99. The quantitative estimate of drug-likeness (QED) is 0.847. The maximum atomic E-state index is 13.6. The Balaban J connectivity index is 1.48. The highest BCUT2D eigenvalue weighted by molar-refractivity contribution is 8.02. The number of para-hydroxylation sites is 1. The third-order valence-corrected chi connectivity index (χ3v) is 7.22. The minimum atomic E-state index is -0.973. The van der Waals surface area contributed by atoms with Crippen LogP contribution in [0, 0.1) is 0 Å². The number of carboxylic acid groups (broad SMARTS) is 1. The molecular formula is C21H18N2O4S. The molecule has 0 spiro atoms. The molecule has 1 N–H and O–H groups in total. The summed E-state index contributed by atoms with van der Waals surface area (Å²) < 4.78 is 0. The number of anilines is 1. The summed E-state index contributed by atoms with van der Waals surface area (Å²) in [5.74, 6) is -1.05. The van der Waals surface area contributed by atoms with E-state index in [2.05, 4.69) is 0 Å². The number of amides is 2. The van der Waals surface area contributed by atoms with Crippen LogP contribution in [0.4, 0.5) is 5.69 Å². The number of carbonyl (C=O) groups excluding carboxylic acids is 2. The maximum absolute atomic E-state index is 13.6. The Kier molecular flexibility index (Phi) is 3.77. The average Bonchev–Trinajstić information content (AvgIpc) is 3.22. The molecule has 142 valence electrons. The summed E-state index contributed by atoms with van der Waals surface area (Å²) >= 11 is 1.47. The number of carbonyl (C=O) groups is 3. The van der Waals surface area contributed by atoms with Gasteiger partial charge >= 0.3 is 5.97 Å². The van der Waals surface area contributed by atoms with E-state index in [1.165, 1.54) is 11.8 Å². The third-order valence-electron chi connectivity index (χ3n) is 5.76. The van der Waals surface area contributed by atoms with Crippen LogP contribution in [-0.4, -0.2) is 39.2 Å². The van der Waals surface area contributed by atoms with E-state index in [1.54, 1.807) is 21.9 Å². The first kappa shape index (κ1) is 17.3. The van der Waals surface area contributed by atoms with E-state index in [4.69, 9.17) is 0 Å². The Hall–Kier alpha value is -2.80. The van der Waals surface area contributed by atoms with Crippen molar-refractivity contribution in [2.45, 2.75) is 35.6 Å². The normalized spacial score (nSPS) is 22.6. The van der Waals surface area contributed by atoms with Crippen LogP contribution in [-0.2, 0) is 22.6 Å². The summed E-state index contributed by atoms with van der Waals surface area (Å²) in [6.45, 7) is 0.939. The molecule has 0 saturated carbocycles. The number of hydrogen-bond acceptors (Lipinski definition) is 4. The van der Waals surface area contributed by atoms with Gasteiger partial charge in [-0.15, -0.1) is 0 Å². The van der Waals surface area contributed by atoms with Crippen molar-refractivity contribution in [1.29, 1.82) is 0 Å². The lowest BCUT2D eigenvalue weighted by molar-refractivity contribution is -0.135. The number of nitrogens with zero attached hydrogens (tertiary/aromatic N) is 2. The first-order chi connectivity index (χ1) is 13.5. The number of thioether (sulfide) groups is 1. The second kappa shape index (κ2) is 6.10. The number of carboxylic acids is 1. The van der Waals surface area contributed by atoms with Gasteiger partial charge in [0, 0.05) is 24.4 Å². The first-order valence-corrected chi connectivity index (χ1v) is 10.1. The summed E-state index contributed by atoms with van der Waals surface area (Å²) in [6, 6.07) is 12.7. The van der Waals surface area contributed by atoms with E-state index in [1.807, 2.05) is 30.3 Å². The second-order valence-corrected chi connectivity index (χ2v) is 8.67. The van der Waals surface area contributed by atoms with E-state index in [-0.39, 0.29) is 17.4 Å². The van der Waals surface area contributed by atoms with Gasteiger partial charge in [-0.2, -0.15) is 0 Å². The minimum Gasteiger partial charge on any atom is -0.478 e. The molecule has 3 aliphatic heterocycles. The number of rotatable bonds is 2. The van der Waals surface area contributed by atoms with E-state index in [0.29, 0.717) is 32.4 Å². The van der Waals surface area contributed by atoms with Gasteiger partial charge in [-0.3, -0.25) is 14.5 Å². The molecule has 0 bridgehead atoms. The van der Waals surface area contributed by atoms with Crippen molar-refractivity contribution in [2.75, 3.05) is 11.4 Å². The summed E-state index contributed by atoms with van der Waals surface area (Å²) in [4.78, 5) is 41.0. The molecule has 1 saturated heterocycles. The Morgan fingerprint density at radius 1 is 1.07 bits per heavy atom. The highest BCUT2D eigenvalue weighted by atomic mass is 32.2. The number of benzene rings is 2. The molecule has 0 aliphatic carbocycles. The average molecular weight is 394 g/mol. The van der Waals surface area contributed by atoms with E-state index >= 15 is 0 Å². The van der Waals surface area contributed by atoms with Crippen molar-refractivity contribution < 1.29 is 19.5 Å². The molecule has 2 amide bonds. The summed E-state index contributed by atoms with van der Waals surface area (Å²) in [7, 11) is 0. The van der Waals surface area contributed by atoms with Crippen LogP contribution in [0.15, 0.2) is 47.4 Å². The fourth-order valence-corrected chi connectivity index (χ4v) is 5.88. The molecule has 1 atom stereocenters. The molecule has 1 unspecified atom stereocenters. The van der Waals surface area contributed by atoms with Gasteiger partial charge in [0.15, 0.2) is 4.87 Å². The SMILES string of the molecule is O=C(O)c1ccc2c(c1)CN(C(=O)C13CCC(=O)N1c1ccccc1S3)CC2. The topological polar surface area (TPSA) is 77.9 Å². The van der Waals surface area contributed by atoms with Gasteiger partial charge in [-0.1, -0.05) is 30.0 Å². The van der Waals surface area contributed by atoms with Gasteiger partial charge in [0.1, 0.15) is 0 Å². The maximum Gasteiger partial charge on any atom is 0.335 e. The molecular weight excluding hydrogens is 376 g/mol. The zero-order chi connectivity index (χ0) is 19.5. The predicted molar refractivity (Wildman–Crippen MR) is 104 cm³/mol. The lowest BCUT2D eigenvalue weighted by atomic mass is 9.96. The standard InChI is InChI=1S/C21H18N2O4S/c24-18-7-9-21(23(18)16-3-1-2-4-17(16)28-21)20(27)22-10-8-13-5-6-14(19(25)26)11-15(13)12-22/h1-6,11H,7-10,12H2,(H,25,26). The van der Waals surface area contributed by atoms with Crippen LogP contribution >= 0.6 is 11.8 Å². The second-order valence-electron chi connectivity index (χ2n) is 7.35. The number of fused-ring (bicyclic) bond motifs is 4. The van der Waals surface area contributed by atoms with Crippen LogP contribution in [0.2, 0.25) is 0 Å². The molecule has 3 aliphatic rings. The van der Waals surface area contributed by atoms with Crippen LogP contribution in [0.5, 0.6) is 0 Å². The number of hydrogen-bond donors (Lipinski definition) is 1. The van der Waals surface area contributed by atoms with E-state index in [0.717, 1.165) is 21.7 Å². The molecule has 0 radical (unpaired) electrons. The van der Waals surface area contributed by atoms with E-state index < -0.39 is 10.8 Å². The number of aromatic carboxylic acids is 1. The molecule has 7 heteroatoms. The van der Waals surface area contributed by atoms with Crippen molar-refractivity contribution >= 4 is 35.2 Å². The van der Waals surface area contributed by atoms with Gasteiger partial charge in [0.25, 0.3) is 5.91 Å². The molecule has 5 rings (SSSR count). The van der Waals surface area contributed by atoms with Gasteiger partial charge in [0.2, 0.25) is 5.91 Å². The van der Waals surface area contributed by atoms with Crippen molar-refractivity contribution in [2.24, 2.45) is 0 Å². The zero-order valence-electron chi connectivity index (χ0n) is 15.1. The van der Waals surface area contributed by atoms with Gasteiger partial charge in [0.05, 0.1) is 11.3 Å². The Labute approximate surface area is 166 Å². The van der Waals surface area contributed by atoms with Crippen LogP contribution in [0.3, 0.4) is 0 Å². The lowest BCUT2D eigenvalue weighted by Gasteiger charge is -2.37. The van der Waals surface area contributed by atoms with Crippen LogP contribution in [0.1, 0.15) is 34.3 Å². The van der Waals surface area contributed by atoms with Gasteiger partial charge in [-0.25, -0.2) is 4.79 Å². The molecule has 0 aromatic heterocycles. The summed E-state index contributed by atoms with van der Waals surface area (Å²) in [6.07, 6.45) is 1.53. The Morgan fingerprint density at radius 2 is 1.89 bits per heavy atom. The fourth-order valence-electron chi connectivity index (χ4n) is 4.39. The molecule has 3 heterocycles. The van der Waals surface area contributed by atoms with E-state index in [9.17, 15) is 19.5 Å². The van der Waals surface area contributed by atoms with Crippen molar-refractivity contribution in [1.82, 2.24) is 4.90 Å². The fraction of sp³-hybridized carbons (Fsp3) is 0.286. The third kappa shape index (κ3) is 2.39. The monoisotopic (exact) mass is 394 g/mol. The predicted octanol–water partition coefficient (Wildman–Crippen LogP) is 2.90. The smallest absolute Gasteiger partial charge is 0.335 e. The first-order valence-electron chi connectivity index (χ1n) is 9.25. The highest BCUT2D eigenvalue weighted by Gasteiger charge is 2.58. The van der Waals surface area contributed by atoms with Gasteiger partial charge in [-0.05, 0) is 48.2 Å². The molecule has 2 aromatic rings. The van der Waals surface area contributed by atoms with Crippen LogP contribution < -0.4 is 4.90 Å². The Bertz CT molecular complexity index is 1040. The van der Waals surface area contributed by atoms with Crippen molar-refractivity contribution in [3.05, 3.63) is 59.2 Å². The van der Waals surface area contributed by atoms with Crippen molar-refractivity contribution in [3.63, 3.8) is 0 Å². The highest BCUT2D eigenvalue weighted by Crippen LogP contribution is 2.56. The molecule has 2 aromatic carbocycles. The molecule has 1 fully saturated rings. The molecule has 6 nitrogen and oxygen atoms in total. The van der Waals surface area contributed by atoms with Crippen molar-refractivity contribution in [3.8, 4) is 0 Å². The zero-order valence-corrected chi connectivity index (χ0v) is 15.9. The lowest BCUT2D eigenvalue weighted by Crippen LogP contribution is -2.54. The Morgan fingerprint density at radius 3 is 2.71 bits per heavy atom. The summed E-state index contributed by atoms with van der Waals surface area (Å²) in [5, 5.41) is 9.26. The van der Waals surface area contributed by atoms with Gasteiger partial charge < -0.3 is 10.0 Å². The largest absolute Gasteiger partial charge is 0.478 e. The molecule has 28 heavy (non-hydrogen) atoms.